The Morgan fingerprint density at radius 2 is 2.29 bits per heavy atom. The van der Waals surface area contributed by atoms with Crippen molar-refractivity contribution >= 4 is 5.78 Å². The van der Waals surface area contributed by atoms with Crippen molar-refractivity contribution in [1.82, 2.24) is 5.32 Å². The average molecular weight is 191 g/mol. The second-order valence-electron chi connectivity index (χ2n) is 3.55. The second-order valence-corrected chi connectivity index (χ2v) is 3.55. The number of ketones is 1. The number of phenolic OH excluding ortho intramolecular Hbond substituents is 1. The molecule has 0 radical (unpaired) electrons. The number of nitrogens with one attached hydrogen (secondary N) is 1. The second kappa shape index (κ2) is 3.80. The summed E-state index contributed by atoms with van der Waals surface area (Å²) in [6.45, 7) is 0.867. The molecular formula is C11H13NO2. The number of phenols is 1. The Hall–Kier alpha value is -1.35. The van der Waals surface area contributed by atoms with Crippen LogP contribution in [0.25, 0.3) is 0 Å². The Bertz CT molecular complexity index is 349. The van der Waals surface area contributed by atoms with Crippen LogP contribution in [0.3, 0.4) is 0 Å². The summed E-state index contributed by atoms with van der Waals surface area (Å²) in [5, 5.41) is 12.4. The van der Waals surface area contributed by atoms with Crippen molar-refractivity contribution in [2.45, 2.75) is 18.9 Å². The van der Waals surface area contributed by atoms with Gasteiger partial charge in [0.15, 0.2) is 5.78 Å². The molecule has 1 aliphatic heterocycles. The van der Waals surface area contributed by atoms with E-state index in [0.717, 1.165) is 18.5 Å². The minimum absolute atomic E-state index is 0.210. The first-order valence-electron chi connectivity index (χ1n) is 4.82. The predicted molar refractivity (Wildman–Crippen MR) is 53.1 cm³/mol. The Balaban J connectivity index is 2.24. The van der Waals surface area contributed by atoms with Crippen LogP contribution in [0.2, 0.25) is 0 Å². The van der Waals surface area contributed by atoms with Gasteiger partial charge < -0.3 is 10.4 Å². The van der Waals surface area contributed by atoms with Crippen LogP contribution in [0.1, 0.15) is 24.4 Å². The fourth-order valence-corrected chi connectivity index (χ4v) is 1.78. The van der Waals surface area contributed by atoms with E-state index < -0.39 is 0 Å². The van der Waals surface area contributed by atoms with E-state index in [1.165, 1.54) is 0 Å². The standard InChI is InChI=1S/C11H13NO2/c13-9-4-1-3-8(7-9)11-10(14)5-2-6-12-11/h1,3-4,7,11-13H,2,5-6H2. The van der Waals surface area contributed by atoms with E-state index in [9.17, 15) is 9.90 Å². The number of carbonyl (C=O) groups excluding carboxylic acids is 1. The molecule has 0 aliphatic carbocycles. The van der Waals surface area contributed by atoms with Gasteiger partial charge in [-0.05, 0) is 30.7 Å². The first-order valence-corrected chi connectivity index (χ1v) is 4.82. The highest BCUT2D eigenvalue weighted by molar-refractivity contribution is 5.86. The van der Waals surface area contributed by atoms with Crippen molar-refractivity contribution in [2.75, 3.05) is 6.54 Å². The van der Waals surface area contributed by atoms with Gasteiger partial charge in [-0.3, -0.25) is 4.79 Å². The fourth-order valence-electron chi connectivity index (χ4n) is 1.78. The van der Waals surface area contributed by atoms with Gasteiger partial charge in [-0.1, -0.05) is 12.1 Å². The van der Waals surface area contributed by atoms with Gasteiger partial charge in [0.1, 0.15) is 5.75 Å². The molecule has 3 heteroatoms. The van der Waals surface area contributed by atoms with Crippen molar-refractivity contribution in [1.29, 1.82) is 0 Å². The number of benzene rings is 1. The third kappa shape index (κ3) is 1.77. The molecule has 0 spiro atoms. The van der Waals surface area contributed by atoms with Crippen LogP contribution in [-0.2, 0) is 4.79 Å². The molecule has 1 heterocycles. The summed E-state index contributed by atoms with van der Waals surface area (Å²) in [5.74, 6) is 0.421. The maximum atomic E-state index is 11.6. The molecule has 14 heavy (non-hydrogen) atoms. The summed E-state index contributed by atoms with van der Waals surface area (Å²) in [6.07, 6.45) is 1.54. The molecule has 1 atom stereocenters. The van der Waals surface area contributed by atoms with Gasteiger partial charge in [0.25, 0.3) is 0 Å². The largest absolute Gasteiger partial charge is 0.508 e. The maximum absolute atomic E-state index is 11.6. The molecule has 0 amide bonds. The van der Waals surface area contributed by atoms with E-state index in [4.69, 9.17) is 0 Å². The topological polar surface area (TPSA) is 49.3 Å². The zero-order valence-corrected chi connectivity index (χ0v) is 7.86. The minimum Gasteiger partial charge on any atom is -0.508 e. The van der Waals surface area contributed by atoms with Gasteiger partial charge in [-0.15, -0.1) is 0 Å². The van der Waals surface area contributed by atoms with E-state index >= 15 is 0 Å². The zero-order valence-electron chi connectivity index (χ0n) is 7.86. The zero-order chi connectivity index (χ0) is 9.97. The van der Waals surface area contributed by atoms with Crippen molar-refractivity contribution < 1.29 is 9.90 Å². The average Bonchev–Trinajstić information content (AvgIpc) is 2.18. The monoisotopic (exact) mass is 191 g/mol. The van der Waals surface area contributed by atoms with Crippen LogP contribution < -0.4 is 5.32 Å². The molecule has 74 valence electrons. The van der Waals surface area contributed by atoms with Gasteiger partial charge in [0.2, 0.25) is 0 Å². The van der Waals surface area contributed by atoms with Crippen LogP contribution in [0, 0.1) is 0 Å². The molecule has 1 unspecified atom stereocenters. The third-order valence-electron chi connectivity index (χ3n) is 2.47. The molecule has 1 fully saturated rings. The summed E-state index contributed by atoms with van der Waals surface area (Å²) in [4.78, 5) is 11.6. The number of carbonyl (C=O) groups is 1. The molecule has 3 nitrogen and oxygen atoms in total. The van der Waals surface area contributed by atoms with Gasteiger partial charge in [-0.2, -0.15) is 0 Å². The van der Waals surface area contributed by atoms with Crippen LogP contribution in [0.15, 0.2) is 24.3 Å². The molecule has 2 rings (SSSR count). The number of Topliss-reactive ketones (excluding diaryl/α,β-unsaturated/α-hetero) is 1. The molecule has 0 bridgehead atoms. The van der Waals surface area contributed by atoms with Crippen molar-refractivity contribution in [3.05, 3.63) is 29.8 Å². The highest BCUT2D eigenvalue weighted by Crippen LogP contribution is 2.22. The molecule has 1 aliphatic rings. The summed E-state index contributed by atoms with van der Waals surface area (Å²) < 4.78 is 0. The number of rotatable bonds is 1. The van der Waals surface area contributed by atoms with E-state index in [-0.39, 0.29) is 17.6 Å². The molecule has 0 saturated carbocycles. The van der Waals surface area contributed by atoms with Crippen LogP contribution in [0.5, 0.6) is 5.75 Å². The summed E-state index contributed by atoms with van der Waals surface area (Å²) in [6, 6.07) is 6.64. The Morgan fingerprint density at radius 1 is 1.43 bits per heavy atom. The van der Waals surface area contributed by atoms with Crippen LogP contribution in [-0.4, -0.2) is 17.4 Å². The highest BCUT2D eigenvalue weighted by atomic mass is 16.3. The molecule has 1 saturated heterocycles. The lowest BCUT2D eigenvalue weighted by molar-refractivity contribution is -0.122. The molecule has 1 aromatic carbocycles. The van der Waals surface area contributed by atoms with E-state index in [1.807, 2.05) is 6.07 Å². The van der Waals surface area contributed by atoms with E-state index in [2.05, 4.69) is 5.32 Å². The number of piperidine rings is 1. The number of aromatic hydroxyl groups is 1. The third-order valence-corrected chi connectivity index (χ3v) is 2.47. The summed E-state index contributed by atoms with van der Waals surface area (Å²) >= 11 is 0. The van der Waals surface area contributed by atoms with E-state index in [1.54, 1.807) is 18.2 Å². The number of hydrogen-bond acceptors (Lipinski definition) is 3. The molecule has 1 aromatic rings. The van der Waals surface area contributed by atoms with Gasteiger partial charge in [0, 0.05) is 6.42 Å². The van der Waals surface area contributed by atoms with Crippen molar-refractivity contribution in [2.24, 2.45) is 0 Å². The first kappa shape index (κ1) is 9.21. The van der Waals surface area contributed by atoms with Crippen LogP contribution in [0.4, 0.5) is 0 Å². The molecular weight excluding hydrogens is 178 g/mol. The maximum Gasteiger partial charge on any atom is 0.154 e. The minimum atomic E-state index is -0.226. The lowest BCUT2D eigenvalue weighted by Gasteiger charge is -2.22. The fraction of sp³-hybridized carbons (Fsp3) is 0.364. The highest BCUT2D eigenvalue weighted by Gasteiger charge is 2.23. The lowest BCUT2D eigenvalue weighted by atomic mass is 9.96. The normalized spacial score (nSPS) is 22.3. The van der Waals surface area contributed by atoms with Crippen molar-refractivity contribution in [3.8, 4) is 5.75 Å². The Kier molecular flexibility index (Phi) is 2.50. The van der Waals surface area contributed by atoms with Gasteiger partial charge in [-0.25, -0.2) is 0 Å². The van der Waals surface area contributed by atoms with E-state index in [0.29, 0.717) is 6.42 Å². The quantitative estimate of drug-likeness (QED) is 0.705. The lowest BCUT2D eigenvalue weighted by Crippen LogP contribution is -2.34. The SMILES string of the molecule is O=C1CCCNC1c1cccc(O)c1. The smallest absolute Gasteiger partial charge is 0.154 e. The molecule has 0 aromatic heterocycles. The van der Waals surface area contributed by atoms with Crippen LogP contribution >= 0.6 is 0 Å². The molecule has 2 N–H and O–H groups in total. The predicted octanol–water partition coefficient (Wildman–Crippen LogP) is 1.39. The first-order chi connectivity index (χ1) is 6.77. The summed E-state index contributed by atoms with van der Waals surface area (Å²) in [7, 11) is 0. The Morgan fingerprint density at radius 3 is 3.00 bits per heavy atom. The Labute approximate surface area is 82.8 Å². The van der Waals surface area contributed by atoms with Gasteiger partial charge >= 0.3 is 0 Å². The van der Waals surface area contributed by atoms with Crippen molar-refractivity contribution in [3.63, 3.8) is 0 Å². The number of hydrogen-bond donors (Lipinski definition) is 2. The van der Waals surface area contributed by atoms with Gasteiger partial charge in [0.05, 0.1) is 6.04 Å². The summed E-state index contributed by atoms with van der Waals surface area (Å²) in [5.41, 5.74) is 0.856.